The van der Waals surface area contributed by atoms with Crippen molar-refractivity contribution in [1.29, 1.82) is 0 Å². The maximum atomic E-state index is 13.5. The van der Waals surface area contributed by atoms with E-state index in [4.69, 9.17) is 23.2 Å². The number of hydrogen-bond acceptors (Lipinski definition) is 4. The zero-order valence-corrected chi connectivity index (χ0v) is 23.0. The summed E-state index contributed by atoms with van der Waals surface area (Å²) in [6.07, 6.45) is 0. The number of thioether (sulfide) groups is 1. The molecule has 0 heterocycles. The molecule has 0 atom stereocenters. The van der Waals surface area contributed by atoms with Crippen LogP contribution in [0.3, 0.4) is 0 Å². The van der Waals surface area contributed by atoms with Gasteiger partial charge in [-0.2, -0.15) is 11.8 Å². The van der Waals surface area contributed by atoms with Crippen LogP contribution in [0.15, 0.2) is 65.6 Å². The van der Waals surface area contributed by atoms with Crippen LogP contribution >= 0.6 is 35.0 Å². The van der Waals surface area contributed by atoms with E-state index in [1.165, 1.54) is 4.31 Å². The Hall–Kier alpha value is -2.19. The van der Waals surface area contributed by atoms with Crippen LogP contribution in [0.5, 0.6) is 0 Å². The van der Waals surface area contributed by atoms with Crippen molar-refractivity contribution in [3.05, 3.63) is 93.0 Å². The summed E-state index contributed by atoms with van der Waals surface area (Å²) in [5, 5.41) is 4.03. The third-order valence-corrected chi connectivity index (χ3v) is 8.61. The molecule has 0 aliphatic carbocycles. The minimum atomic E-state index is -3.94. The van der Waals surface area contributed by atoms with Crippen molar-refractivity contribution in [1.82, 2.24) is 5.32 Å². The first-order chi connectivity index (χ1) is 16.6. The van der Waals surface area contributed by atoms with Crippen LogP contribution in [0.1, 0.15) is 22.3 Å². The van der Waals surface area contributed by atoms with Gasteiger partial charge in [0.1, 0.15) is 6.54 Å². The summed E-state index contributed by atoms with van der Waals surface area (Å²) in [7, 11) is -3.94. The van der Waals surface area contributed by atoms with Gasteiger partial charge in [-0.1, -0.05) is 53.0 Å². The number of halogens is 2. The number of rotatable bonds is 10. The average Bonchev–Trinajstić information content (AvgIpc) is 2.78. The normalized spacial score (nSPS) is 11.3. The van der Waals surface area contributed by atoms with Gasteiger partial charge in [0.15, 0.2) is 0 Å². The Labute approximate surface area is 221 Å². The van der Waals surface area contributed by atoms with E-state index < -0.39 is 10.0 Å². The van der Waals surface area contributed by atoms with Crippen LogP contribution in [0.4, 0.5) is 5.69 Å². The lowest BCUT2D eigenvalue weighted by Gasteiger charge is -2.25. The van der Waals surface area contributed by atoms with Crippen LogP contribution in [0.25, 0.3) is 0 Å². The number of anilines is 1. The predicted octanol–water partition coefficient (Wildman–Crippen LogP) is 6.16. The summed E-state index contributed by atoms with van der Waals surface area (Å²) < 4.78 is 28.2. The minimum absolute atomic E-state index is 0.144. The highest BCUT2D eigenvalue weighted by Crippen LogP contribution is 2.27. The largest absolute Gasteiger partial charge is 0.354 e. The van der Waals surface area contributed by atoms with Crippen LogP contribution < -0.4 is 9.62 Å². The summed E-state index contributed by atoms with van der Waals surface area (Å²) in [5.74, 6) is 0.964. The summed E-state index contributed by atoms with van der Waals surface area (Å²) in [4.78, 5) is 12.9. The van der Waals surface area contributed by atoms with Crippen molar-refractivity contribution < 1.29 is 13.2 Å². The molecule has 0 aliphatic rings. The predicted molar refractivity (Wildman–Crippen MR) is 147 cm³/mol. The van der Waals surface area contributed by atoms with Crippen LogP contribution in [0.2, 0.25) is 10.0 Å². The molecule has 3 rings (SSSR count). The van der Waals surface area contributed by atoms with Crippen molar-refractivity contribution in [2.75, 3.05) is 23.1 Å². The maximum Gasteiger partial charge on any atom is 0.264 e. The quantitative estimate of drug-likeness (QED) is 0.307. The number of carbonyl (C=O) groups is 1. The smallest absolute Gasteiger partial charge is 0.264 e. The number of benzene rings is 3. The van der Waals surface area contributed by atoms with Crippen molar-refractivity contribution in [3.63, 3.8) is 0 Å². The molecule has 3 aromatic rings. The van der Waals surface area contributed by atoms with Gasteiger partial charge in [0.25, 0.3) is 10.0 Å². The van der Waals surface area contributed by atoms with Gasteiger partial charge in [-0.3, -0.25) is 9.10 Å². The highest BCUT2D eigenvalue weighted by molar-refractivity contribution is 7.98. The highest BCUT2D eigenvalue weighted by Gasteiger charge is 2.27. The Balaban J connectivity index is 1.68. The molecule has 35 heavy (non-hydrogen) atoms. The van der Waals surface area contributed by atoms with Crippen molar-refractivity contribution in [2.45, 2.75) is 31.4 Å². The Morgan fingerprint density at radius 2 is 1.57 bits per heavy atom. The number of nitrogens with zero attached hydrogens (tertiary/aromatic N) is 1. The number of carbonyl (C=O) groups excluding carboxylic acids is 1. The SMILES string of the molecule is Cc1ccc(S(=O)(=O)N(CC(=O)NCCSCc2ccc(Cl)cc2Cl)c2cc(C)cc(C)c2)cc1. The van der Waals surface area contributed by atoms with Crippen LogP contribution in [-0.4, -0.2) is 33.2 Å². The van der Waals surface area contributed by atoms with Gasteiger partial charge in [-0.15, -0.1) is 0 Å². The van der Waals surface area contributed by atoms with Gasteiger partial charge in [-0.05, 0) is 73.9 Å². The lowest BCUT2D eigenvalue weighted by Crippen LogP contribution is -2.41. The molecule has 0 saturated carbocycles. The molecule has 0 radical (unpaired) electrons. The molecule has 0 bridgehead atoms. The molecule has 0 saturated heterocycles. The van der Waals surface area contributed by atoms with Crippen molar-refractivity contribution >= 4 is 56.6 Å². The maximum absolute atomic E-state index is 13.5. The van der Waals surface area contributed by atoms with E-state index >= 15 is 0 Å². The highest BCUT2D eigenvalue weighted by atomic mass is 35.5. The van der Waals surface area contributed by atoms with Crippen molar-refractivity contribution in [3.8, 4) is 0 Å². The molecule has 1 N–H and O–H groups in total. The van der Waals surface area contributed by atoms with Crippen molar-refractivity contribution in [2.24, 2.45) is 0 Å². The Kier molecular flexibility index (Phi) is 9.53. The number of amides is 1. The molecule has 9 heteroatoms. The third kappa shape index (κ3) is 7.64. The lowest BCUT2D eigenvalue weighted by atomic mass is 10.1. The molecular formula is C26H28Cl2N2O3S2. The Bertz CT molecular complexity index is 1280. The molecule has 5 nitrogen and oxygen atoms in total. The van der Waals surface area contributed by atoms with E-state index in [9.17, 15) is 13.2 Å². The molecule has 1 amide bonds. The Morgan fingerprint density at radius 3 is 2.20 bits per heavy atom. The van der Waals surface area contributed by atoms with Gasteiger partial charge in [0.2, 0.25) is 5.91 Å². The van der Waals surface area contributed by atoms with E-state index in [0.29, 0.717) is 33.8 Å². The zero-order valence-electron chi connectivity index (χ0n) is 19.8. The second kappa shape index (κ2) is 12.2. The number of sulfonamides is 1. The topological polar surface area (TPSA) is 66.5 Å². The monoisotopic (exact) mass is 550 g/mol. The summed E-state index contributed by atoms with van der Waals surface area (Å²) in [5.41, 5.74) is 4.23. The van der Waals surface area contributed by atoms with E-state index in [1.807, 2.05) is 32.9 Å². The standard InChI is InChI=1S/C26H28Cl2N2O3S2/c1-18-4-8-24(9-5-18)35(32,33)30(23-13-19(2)12-20(3)14-23)16-26(31)29-10-11-34-17-21-6-7-22(27)15-25(21)28/h4-9,12-15H,10-11,16-17H2,1-3H3,(H,29,31). The molecular weight excluding hydrogens is 523 g/mol. The van der Waals surface area contributed by atoms with E-state index in [-0.39, 0.29) is 17.3 Å². The fourth-order valence-corrected chi connectivity index (χ4v) is 6.34. The fourth-order valence-electron chi connectivity index (χ4n) is 3.52. The molecule has 0 aromatic heterocycles. The van der Waals surface area contributed by atoms with Gasteiger partial charge in [-0.25, -0.2) is 8.42 Å². The molecule has 0 spiro atoms. The summed E-state index contributed by atoms with van der Waals surface area (Å²) in [6, 6.07) is 17.5. The van der Waals surface area contributed by atoms with Gasteiger partial charge in [0, 0.05) is 28.1 Å². The number of nitrogens with one attached hydrogen (secondary N) is 1. The zero-order chi connectivity index (χ0) is 25.6. The molecule has 0 fully saturated rings. The fraction of sp³-hybridized carbons (Fsp3) is 0.269. The summed E-state index contributed by atoms with van der Waals surface area (Å²) in [6.45, 7) is 5.78. The van der Waals surface area contributed by atoms with E-state index in [2.05, 4.69) is 5.32 Å². The number of aryl methyl sites for hydroxylation is 3. The van der Waals surface area contributed by atoms with E-state index in [0.717, 1.165) is 22.3 Å². The van der Waals surface area contributed by atoms with Crippen LogP contribution in [-0.2, 0) is 20.6 Å². The van der Waals surface area contributed by atoms with Gasteiger partial charge < -0.3 is 5.32 Å². The first-order valence-electron chi connectivity index (χ1n) is 11.0. The molecule has 0 unspecified atom stereocenters. The van der Waals surface area contributed by atoms with E-state index in [1.54, 1.807) is 60.3 Å². The minimum Gasteiger partial charge on any atom is -0.354 e. The molecule has 0 aliphatic heterocycles. The van der Waals surface area contributed by atoms with Gasteiger partial charge >= 0.3 is 0 Å². The molecule has 186 valence electrons. The first-order valence-corrected chi connectivity index (χ1v) is 14.4. The van der Waals surface area contributed by atoms with Gasteiger partial charge in [0.05, 0.1) is 10.6 Å². The number of hydrogen-bond donors (Lipinski definition) is 1. The van der Waals surface area contributed by atoms with Crippen LogP contribution in [0, 0.1) is 20.8 Å². The average molecular weight is 552 g/mol. The summed E-state index contributed by atoms with van der Waals surface area (Å²) >= 11 is 13.8. The lowest BCUT2D eigenvalue weighted by molar-refractivity contribution is -0.119. The molecule has 3 aromatic carbocycles. The third-order valence-electron chi connectivity index (χ3n) is 5.23. The Morgan fingerprint density at radius 1 is 0.914 bits per heavy atom. The second-order valence-electron chi connectivity index (χ2n) is 8.31. The first kappa shape index (κ1) is 27.4. The second-order valence-corrected chi connectivity index (χ2v) is 12.1.